The first-order valence-corrected chi connectivity index (χ1v) is 8.49. The quantitative estimate of drug-likeness (QED) is 0.914. The average molecular weight is 306 g/mol. The Morgan fingerprint density at radius 3 is 2.50 bits per heavy atom. The van der Waals surface area contributed by atoms with E-state index in [0.29, 0.717) is 5.92 Å². The van der Waals surface area contributed by atoms with Gasteiger partial charge in [-0.1, -0.05) is 27.7 Å². The minimum atomic E-state index is 0.251. The topological polar surface area (TPSA) is 65.0 Å². The Hall–Kier alpha value is -1.46. The molecule has 3 rings (SSSR count). The van der Waals surface area contributed by atoms with E-state index in [1.807, 2.05) is 40.0 Å². The fraction of sp³-hybridized carbons (Fsp3) is 0.647. The third-order valence-corrected chi connectivity index (χ3v) is 3.69. The van der Waals surface area contributed by atoms with E-state index >= 15 is 0 Å². The first-order valence-electron chi connectivity index (χ1n) is 8.49. The molecule has 5 heteroatoms. The number of aliphatic hydroxyl groups is 1. The van der Waals surface area contributed by atoms with Crippen molar-refractivity contribution in [3.05, 3.63) is 24.3 Å². The van der Waals surface area contributed by atoms with Crippen LogP contribution in [0.2, 0.25) is 0 Å². The molecule has 124 valence electrons. The minimum Gasteiger partial charge on any atom is -0.395 e. The first-order chi connectivity index (χ1) is 10.9. The number of imidazole rings is 1. The number of piperidine rings is 1. The lowest BCUT2D eigenvalue weighted by atomic mass is 9.96. The highest BCUT2D eigenvalue weighted by Gasteiger charge is 2.22. The number of rotatable bonds is 3. The van der Waals surface area contributed by atoms with Gasteiger partial charge in [0.2, 0.25) is 0 Å². The Morgan fingerprint density at radius 1 is 1.23 bits per heavy atom. The van der Waals surface area contributed by atoms with Gasteiger partial charge < -0.3 is 15.0 Å². The molecule has 0 aliphatic carbocycles. The fourth-order valence-electron chi connectivity index (χ4n) is 2.64. The number of likely N-dealkylation sites (tertiary alicyclic amines) is 1. The number of nitrogens with zero attached hydrogens (tertiary/aromatic N) is 3. The van der Waals surface area contributed by atoms with Gasteiger partial charge >= 0.3 is 0 Å². The number of hydrogen-bond acceptors (Lipinski definition) is 4. The van der Waals surface area contributed by atoms with Crippen molar-refractivity contribution in [2.75, 3.05) is 26.2 Å². The summed E-state index contributed by atoms with van der Waals surface area (Å²) in [5, 5.41) is 8.93. The van der Waals surface area contributed by atoms with Crippen molar-refractivity contribution < 1.29 is 5.11 Å². The number of pyridine rings is 1. The molecule has 0 amide bonds. The van der Waals surface area contributed by atoms with E-state index in [9.17, 15) is 0 Å². The molecule has 0 spiro atoms. The monoisotopic (exact) mass is 306 g/mol. The second-order valence-corrected chi connectivity index (χ2v) is 4.85. The molecule has 1 aliphatic rings. The van der Waals surface area contributed by atoms with E-state index in [-0.39, 0.29) is 6.61 Å². The highest BCUT2D eigenvalue weighted by molar-refractivity contribution is 5.73. The number of aromatic nitrogens is 3. The van der Waals surface area contributed by atoms with Crippen molar-refractivity contribution in [2.24, 2.45) is 0 Å². The van der Waals surface area contributed by atoms with Crippen molar-refractivity contribution in [1.82, 2.24) is 19.9 Å². The van der Waals surface area contributed by atoms with Crippen LogP contribution in [0.15, 0.2) is 18.5 Å². The Kier molecular flexibility index (Phi) is 8.70. The Labute approximate surface area is 133 Å². The SMILES string of the molecule is CC.CC.OCCN1CCC(c2nc3ccncc3[nH]2)CC1. The fourth-order valence-corrected chi connectivity index (χ4v) is 2.64. The first kappa shape index (κ1) is 18.6. The van der Waals surface area contributed by atoms with E-state index < -0.39 is 0 Å². The molecular formula is C17H30N4O. The molecule has 22 heavy (non-hydrogen) atoms. The molecule has 2 aromatic heterocycles. The van der Waals surface area contributed by atoms with Crippen molar-refractivity contribution in [3.8, 4) is 0 Å². The van der Waals surface area contributed by atoms with Crippen LogP contribution in [-0.4, -0.2) is 51.2 Å². The van der Waals surface area contributed by atoms with Crippen LogP contribution in [0.25, 0.3) is 11.0 Å². The highest BCUT2D eigenvalue weighted by atomic mass is 16.3. The van der Waals surface area contributed by atoms with Gasteiger partial charge in [0.25, 0.3) is 0 Å². The largest absolute Gasteiger partial charge is 0.395 e. The minimum absolute atomic E-state index is 0.251. The van der Waals surface area contributed by atoms with Crippen LogP contribution in [0.4, 0.5) is 0 Å². The van der Waals surface area contributed by atoms with Gasteiger partial charge in [-0.05, 0) is 32.0 Å². The molecule has 0 saturated carbocycles. The van der Waals surface area contributed by atoms with Gasteiger partial charge in [-0.15, -0.1) is 0 Å². The molecule has 0 bridgehead atoms. The third-order valence-electron chi connectivity index (χ3n) is 3.69. The molecule has 2 N–H and O–H groups in total. The maximum Gasteiger partial charge on any atom is 0.110 e. The molecule has 1 saturated heterocycles. The summed E-state index contributed by atoms with van der Waals surface area (Å²) in [7, 11) is 0. The van der Waals surface area contributed by atoms with Crippen molar-refractivity contribution in [3.63, 3.8) is 0 Å². The summed E-state index contributed by atoms with van der Waals surface area (Å²) >= 11 is 0. The van der Waals surface area contributed by atoms with Gasteiger partial charge in [-0.2, -0.15) is 0 Å². The zero-order valence-electron chi connectivity index (χ0n) is 14.3. The van der Waals surface area contributed by atoms with E-state index in [1.54, 1.807) is 6.20 Å². The summed E-state index contributed by atoms with van der Waals surface area (Å²) in [5.41, 5.74) is 2.02. The van der Waals surface area contributed by atoms with E-state index in [2.05, 4.69) is 19.9 Å². The van der Waals surface area contributed by atoms with Crippen molar-refractivity contribution in [2.45, 2.75) is 46.5 Å². The van der Waals surface area contributed by atoms with Gasteiger partial charge in [0, 0.05) is 18.7 Å². The number of β-amino-alcohol motifs (C(OH)–C–C–N with tert-alkyl or cyclic N) is 1. The van der Waals surface area contributed by atoms with Gasteiger partial charge in [-0.25, -0.2) is 4.98 Å². The number of aliphatic hydroxyl groups excluding tert-OH is 1. The predicted octanol–water partition coefficient (Wildman–Crippen LogP) is 3.18. The number of fused-ring (bicyclic) bond motifs is 1. The van der Waals surface area contributed by atoms with Crippen LogP contribution in [0, 0.1) is 0 Å². The summed E-state index contributed by atoms with van der Waals surface area (Å²) < 4.78 is 0. The van der Waals surface area contributed by atoms with E-state index in [4.69, 9.17) is 5.11 Å². The second kappa shape index (κ2) is 10.3. The number of hydrogen-bond donors (Lipinski definition) is 2. The molecule has 1 aliphatic heterocycles. The summed E-state index contributed by atoms with van der Waals surface area (Å²) in [5.74, 6) is 1.59. The zero-order valence-corrected chi connectivity index (χ0v) is 14.3. The average Bonchev–Trinajstić information content (AvgIpc) is 3.03. The van der Waals surface area contributed by atoms with Gasteiger partial charge in [-0.3, -0.25) is 4.98 Å². The van der Waals surface area contributed by atoms with Crippen LogP contribution in [0.3, 0.4) is 0 Å². The predicted molar refractivity (Wildman–Crippen MR) is 92.1 cm³/mol. The van der Waals surface area contributed by atoms with Crippen molar-refractivity contribution in [1.29, 1.82) is 0 Å². The van der Waals surface area contributed by atoms with Crippen LogP contribution < -0.4 is 0 Å². The number of H-pyrrole nitrogens is 1. The summed E-state index contributed by atoms with van der Waals surface area (Å²) in [6.07, 6.45) is 5.81. The molecule has 0 unspecified atom stereocenters. The van der Waals surface area contributed by atoms with Crippen LogP contribution in [0.5, 0.6) is 0 Å². The normalized spacial score (nSPS) is 15.7. The highest BCUT2D eigenvalue weighted by Crippen LogP contribution is 2.27. The third kappa shape index (κ3) is 4.78. The summed E-state index contributed by atoms with van der Waals surface area (Å²) in [6, 6.07) is 1.94. The van der Waals surface area contributed by atoms with Gasteiger partial charge in [0.1, 0.15) is 5.82 Å². The van der Waals surface area contributed by atoms with Gasteiger partial charge in [0.05, 0.1) is 23.8 Å². The van der Waals surface area contributed by atoms with E-state index in [1.165, 1.54) is 0 Å². The maximum absolute atomic E-state index is 8.93. The maximum atomic E-state index is 8.93. The molecule has 0 aromatic carbocycles. The molecule has 2 aromatic rings. The number of aromatic amines is 1. The lowest BCUT2D eigenvalue weighted by molar-refractivity contribution is 0.163. The lowest BCUT2D eigenvalue weighted by Gasteiger charge is -2.30. The smallest absolute Gasteiger partial charge is 0.110 e. The Morgan fingerprint density at radius 2 is 1.91 bits per heavy atom. The second-order valence-electron chi connectivity index (χ2n) is 4.85. The summed E-state index contributed by atoms with van der Waals surface area (Å²) in [6.45, 7) is 11.1. The van der Waals surface area contributed by atoms with Crippen LogP contribution in [0.1, 0.15) is 52.3 Å². The van der Waals surface area contributed by atoms with Gasteiger partial charge in [0.15, 0.2) is 0 Å². The molecule has 0 radical (unpaired) electrons. The molecule has 1 fully saturated rings. The zero-order chi connectivity index (χ0) is 16.4. The molecule has 0 atom stereocenters. The molecular weight excluding hydrogens is 276 g/mol. The standard InChI is InChI=1S/C13H18N4O.2C2H6/c18-8-7-17-5-2-10(3-6-17)13-15-11-1-4-14-9-12(11)16-13;2*1-2/h1,4,9-10,18H,2-3,5-8H2,(H,15,16);2*1-2H3. The van der Waals surface area contributed by atoms with E-state index in [0.717, 1.165) is 49.3 Å². The summed E-state index contributed by atoms with van der Waals surface area (Å²) in [4.78, 5) is 14.4. The molecule has 5 nitrogen and oxygen atoms in total. The number of nitrogens with one attached hydrogen (secondary N) is 1. The Bertz CT molecular complexity index is 485. The van der Waals surface area contributed by atoms with Crippen LogP contribution >= 0.6 is 0 Å². The molecule has 3 heterocycles. The Balaban J connectivity index is 0.000000561. The van der Waals surface area contributed by atoms with Crippen molar-refractivity contribution >= 4 is 11.0 Å². The van der Waals surface area contributed by atoms with Crippen LogP contribution in [-0.2, 0) is 0 Å². The lowest BCUT2D eigenvalue weighted by Crippen LogP contribution is -2.35.